The van der Waals surface area contributed by atoms with Crippen molar-refractivity contribution in [2.75, 3.05) is 6.61 Å². The Labute approximate surface area is 172 Å². The molecule has 7 atom stereocenters. The molecule has 4 heterocycles. The van der Waals surface area contributed by atoms with Crippen LogP contribution in [0.4, 0.5) is 0 Å². The number of fused-ring (bicyclic) bond motifs is 7. The fourth-order valence-corrected chi connectivity index (χ4v) is 5.24. The number of Topliss-reactive ketones (excluding diaryl/α,β-unsaturated/α-hetero) is 1. The standard InChI is InChI=1S/C22H34O7/c1-4-5-14-18-9-16(24)13(11-23)8-17(25)20-12(2)10-22(3,29-20)7-6-15(19(14)26)21(27)28-18/h12-14,17-18,20,23,25-26H,4-11H2,1-3H3/t12-,13-,14+,17+,18+,20+,22-/m0/s1. The number of ether oxygens (including phenoxy) is 2. The highest BCUT2D eigenvalue weighted by atomic mass is 16.5. The molecular formula is C22H34O7. The van der Waals surface area contributed by atoms with E-state index in [0.29, 0.717) is 25.7 Å². The van der Waals surface area contributed by atoms with Gasteiger partial charge in [0.1, 0.15) is 17.6 Å². The van der Waals surface area contributed by atoms with Gasteiger partial charge >= 0.3 is 5.97 Å². The highest BCUT2D eigenvalue weighted by Gasteiger charge is 2.47. The molecule has 164 valence electrons. The van der Waals surface area contributed by atoms with Gasteiger partial charge < -0.3 is 24.8 Å². The van der Waals surface area contributed by atoms with Crippen molar-refractivity contribution in [2.45, 2.75) is 89.6 Å². The number of ketones is 1. The summed E-state index contributed by atoms with van der Waals surface area (Å²) in [6.07, 6.45) is 0.937. The molecule has 0 amide bonds. The van der Waals surface area contributed by atoms with Crippen molar-refractivity contribution in [3.63, 3.8) is 0 Å². The summed E-state index contributed by atoms with van der Waals surface area (Å²) in [5.41, 5.74) is -0.275. The minimum atomic E-state index is -0.852. The lowest BCUT2D eigenvalue weighted by atomic mass is 9.83. The average Bonchev–Trinajstić information content (AvgIpc) is 2.96. The van der Waals surface area contributed by atoms with E-state index >= 15 is 0 Å². The Bertz CT molecular complexity index is 672. The van der Waals surface area contributed by atoms with Crippen molar-refractivity contribution >= 4 is 11.8 Å². The molecule has 0 aromatic rings. The molecule has 0 radical (unpaired) electrons. The Balaban J connectivity index is 1.98. The van der Waals surface area contributed by atoms with Crippen molar-refractivity contribution in [2.24, 2.45) is 17.8 Å². The Hall–Kier alpha value is -1.44. The first kappa shape index (κ1) is 22.2. The summed E-state index contributed by atoms with van der Waals surface area (Å²) in [5, 5.41) is 31.4. The van der Waals surface area contributed by atoms with Crippen LogP contribution < -0.4 is 0 Å². The normalized spacial score (nSPS) is 41.4. The number of rotatable bonds is 3. The minimum Gasteiger partial charge on any atom is -0.511 e. The van der Waals surface area contributed by atoms with E-state index in [2.05, 4.69) is 0 Å². The van der Waals surface area contributed by atoms with Gasteiger partial charge in [-0.2, -0.15) is 0 Å². The summed E-state index contributed by atoms with van der Waals surface area (Å²) < 4.78 is 11.8. The van der Waals surface area contributed by atoms with Gasteiger partial charge in [-0.25, -0.2) is 4.79 Å². The summed E-state index contributed by atoms with van der Waals surface area (Å²) in [6, 6.07) is 0. The molecule has 2 saturated heterocycles. The monoisotopic (exact) mass is 410 g/mol. The van der Waals surface area contributed by atoms with Crippen LogP contribution in [0.25, 0.3) is 0 Å². The maximum absolute atomic E-state index is 12.9. The summed E-state index contributed by atoms with van der Waals surface area (Å²) >= 11 is 0. The maximum Gasteiger partial charge on any atom is 0.337 e. The topological polar surface area (TPSA) is 113 Å². The summed E-state index contributed by atoms with van der Waals surface area (Å²) in [5.74, 6) is -1.92. The molecule has 0 saturated carbocycles. The zero-order valence-corrected chi connectivity index (χ0v) is 17.6. The highest BCUT2D eigenvalue weighted by Crippen LogP contribution is 2.43. The molecule has 0 unspecified atom stereocenters. The molecule has 4 aliphatic rings. The van der Waals surface area contributed by atoms with Crippen molar-refractivity contribution in [3.8, 4) is 0 Å². The number of aliphatic hydroxyl groups excluding tert-OH is 3. The first-order chi connectivity index (χ1) is 13.7. The van der Waals surface area contributed by atoms with Crippen LogP contribution in [0.15, 0.2) is 11.3 Å². The number of carbonyl (C=O) groups is 2. The van der Waals surface area contributed by atoms with Gasteiger partial charge in [-0.3, -0.25) is 4.79 Å². The molecule has 0 spiro atoms. The molecule has 2 fully saturated rings. The van der Waals surface area contributed by atoms with E-state index in [-0.39, 0.29) is 42.5 Å². The van der Waals surface area contributed by atoms with E-state index in [9.17, 15) is 24.9 Å². The van der Waals surface area contributed by atoms with Crippen LogP contribution in [-0.2, 0) is 19.1 Å². The molecule has 4 aliphatic heterocycles. The Morgan fingerprint density at radius 1 is 1.28 bits per heavy atom. The Kier molecular flexibility index (Phi) is 6.70. The van der Waals surface area contributed by atoms with E-state index in [1.807, 2.05) is 20.8 Å². The lowest BCUT2D eigenvalue weighted by molar-refractivity contribution is -0.153. The Morgan fingerprint density at radius 2 is 2.00 bits per heavy atom. The van der Waals surface area contributed by atoms with Gasteiger partial charge in [0.15, 0.2) is 0 Å². The second kappa shape index (κ2) is 8.74. The zero-order chi connectivity index (χ0) is 21.3. The van der Waals surface area contributed by atoms with Crippen LogP contribution >= 0.6 is 0 Å². The van der Waals surface area contributed by atoms with Gasteiger partial charge in [0.05, 0.1) is 35.9 Å². The van der Waals surface area contributed by atoms with E-state index in [1.54, 1.807) is 0 Å². The predicted molar refractivity (Wildman–Crippen MR) is 105 cm³/mol. The lowest BCUT2D eigenvalue weighted by Crippen LogP contribution is -2.41. The molecule has 3 N–H and O–H groups in total. The van der Waals surface area contributed by atoms with Gasteiger partial charge in [0, 0.05) is 12.3 Å². The van der Waals surface area contributed by atoms with Crippen LogP contribution in [0.5, 0.6) is 0 Å². The summed E-state index contributed by atoms with van der Waals surface area (Å²) in [7, 11) is 0. The molecule has 29 heavy (non-hydrogen) atoms. The largest absolute Gasteiger partial charge is 0.511 e. The highest BCUT2D eigenvalue weighted by molar-refractivity contribution is 5.91. The molecule has 4 bridgehead atoms. The fraction of sp³-hybridized carbons (Fsp3) is 0.818. The van der Waals surface area contributed by atoms with Crippen molar-refractivity contribution in [1.29, 1.82) is 0 Å². The zero-order valence-electron chi connectivity index (χ0n) is 17.6. The van der Waals surface area contributed by atoms with Crippen molar-refractivity contribution in [3.05, 3.63) is 11.3 Å². The van der Waals surface area contributed by atoms with E-state index in [4.69, 9.17) is 9.47 Å². The number of aliphatic hydroxyl groups is 3. The van der Waals surface area contributed by atoms with Crippen molar-refractivity contribution < 1.29 is 34.4 Å². The van der Waals surface area contributed by atoms with E-state index < -0.39 is 41.7 Å². The smallest absolute Gasteiger partial charge is 0.337 e. The second-order valence-electron chi connectivity index (χ2n) is 9.27. The van der Waals surface area contributed by atoms with Crippen LogP contribution in [0.2, 0.25) is 0 Å². The average molecular weight is 411 g/mol. The second-order valence-corrected chi connectivity index (χ2v) is 9.27. The third kappa shape index (κ3) is 4.52. The summed E-state index contributed by atoms with van der Waals surface area (Å²) in [4.78, 5) is 25.5. The van der Waals surface area contributed by atoms with E-state index in [0.717, 1.165) is 6.42 Å². The molecule has 4 rings (SSSR count). The molecule has 7 nitrogen and oxygen atoms in total. The molecule has 0 aliphatic carbocycles. The molecular weight excluding hydrogens is 376 g/mol. The maximum atomic E-state index is 12.9. The van der Waals surface area contributed by atoms with Crippen molar-refractivity contribution in [1.82, 2.24) is 0 Å². The third-order valence-electron chi connectivity index (χ3n) is 6.84. The first-order valence-electron chi connectivity index (χ1n) is 10.8. The quantitative estimate of drug-likeness (QED) is 0.612. The lowest BCUT2D eigenvalue weighted by Gasteiger charge is -2.34. The molecule has 0 aromatic carbocycles. The molecule has 0 aromatic heterocycles. The fourth-order valence-electron chi connectivity index (χ4n) is 5.24. The van der Waals surface area contributed by atoms with Crippen LogP contribution in [0.1, 0.15) is 65.7 Å². The van der Waals surface area contributed by atoms with Gasteiger partial charge in [0.25, 0.3) is 0 Å². The van der Waals surface area contributed by atoms with E-state index in [1.165, 1.54) is 0 Å². The van der Waals surface area contributed by atoms with Crippen LogP contribution in [0.3, 0.4) is 0 Å². The minimum absolute atomic E-state index is 0.0322. The number of hydrogen-bond acceptors (Lipinski definition) is 7. The summed E-state index contributed by atoms with van der Waals surface area (Å²) in [6.45, 7) is 5.54. The number of esters is 1. The van der Waals surface area contributed by atoms with Gasteiger partial charge in [-0.1, -0.05) is 20.3 Å². The molecule has 7 heteroatoms. The van der Waals surface area contributed by atoms with Gasteiger partial charge in [0.2, 0.25) is 0 Å². The first-order valence-corrected chi connectivity index (χ1v) is 10.8. The third-order valence-corrected chi connectivity index (χ3v) is 6.84. The number of hydrogen-bond donors (Lipinski definition) is 3. The Morgan fingerprint density at radius 3 is 2.66 bits per heavy atom. The van der Waals surface area contributed by atoms with Gasteiger partial charge in [-0.15, -0.1) is 0 Å². The SMILES string of the molecule is CCC[C@H]1C(O)=C2CC[C@@]3(C)C[C@H](C)[C@@H](O3)[C@H](O)C[C@@H](CO)C(=O)C[C@H]1OC2=O. The predicted octanol–water partition coefficient (Wildman–Crippen LogP) is 2.44. The van der Waals surface area contributed by atoms with Crippen LogP contribution in [0, 0.1) is 17.8 Å². The number of carbonyl (C=O) groups excluding carboxylic acids is 2. The van der Waals surface area contributed by atoms with Gasteiger partial charge in [-0.05, 0) is 44.9 Å². The van der Waals surface area contributed by atoms with Crippen LogP contribution in [-0.4, -0.2) is 57.6 Å².